The zero-order valence-electron chi connectivity index (χ0n) is 13.5. The molecule has 5 saturated carbocycles. The third-order valence-electron chi connectivity index (χ3n) is 6.78. The van der Waals surface area contributed by atoms with Gasteiger partial charge in [-0.1, -0.05) is 0 Å². The Morgan fingerprint density at radius 1 is 1.00 bits per heavy atom. The molecule has 0 aromatic carbocycles. The van der Waals surface area contributed by atoms with E-state index in [1.54, 1.807) is 6.92 Å². The number of alkyl halides is 2. The van der Waals surface area contributed by atoms with Gasteiger partial charge in [0, 0.05) is 6.42 Å². The molecule has 0 aliphatic heterocycles. The number of amides is 2. The van der Waals surface area contributed by atoms with Crippen LogP contribution in [0.4, 0.5) is 0 Å². The zero-order valence-corrected chi connectivity index (χ0v) is 15.0. The Bertz CT molecular complexity index is 528. The van der Waals surface area contributed by atoms with E-state index in [0.29, 0.717) is 12.8 Å². The smallest absolute Gasteiger partial charge is 0.247 e. The van der Waals surface area contributed by atoms with Gasteiger partial charge in [0.2, 0.25) is 11.8 Å². The molecule has 2 N–H and O–H groups in total. The van der Waals surface area contributed by atoms with Gasteiger partial charge < -0.3 is 0 Å². The quantitative estimate of drug-likeness (QED) is 0.600. The Morgan fingerprint density at radius 2 is 1.48 bits per heavy atom. The molecule has 1 unspecified atom stereocenters. The summed E-state index contributed by atoms with van der Waals surface area (Å²) in [7, 11) is 0. The van der Waals surface area contributed by atoms with Crippen LogP contribution < -0.4 is 10.9 Å². The highest BCUT2D eigenvalue weighted by Crippen LogP contribution is 2.64. The summed E-state index contributed by atoms with van der Waals surface area (Å²) in [5.41, 5.74) is 4.48. The van der Waals surface area contributed by atoms with Crippen molar-refractivity contribution in [2.24, 2.45) is 28.6 Å². The summed E-state index contributed by atoms with van der Waals surface area (Å²) in [6.45, 7) is 1.72. The molecular weight excluding hydrogens is 335 g/mol. The van der Waals surface area contributed by atoms with Crippen molar-refractivity contribution in [2.75, 3.05) is 0 Å². The fourth-order valence-electron chi connectivity index (χ4n) is 5.80. The third kappa shape index (κ3) is 2.66. The zero-order chi connectivity index (χ0) is 16.5. The lowest BCUT2D eigenvalue weighted by molar-refractivity contribution is -0.135. The van der Waals surface area contributed by atoms with Gasteiger partial charge >= 0.3 is 0 Å². The van der Waals surface area contributed by atoms with E-state index in [2.05, 4.69) is 10.9 Å². The number of nitrogens with one attached hydrogen (secondary N) is 2. The normalized spacial score (nSPS) is 45.6. The van der Waals surface area contributed by atoms with Crippen molar-refractivity contribution < 1.29 is 9.59 Å². The minimum Gasteiger partial charge on any atom is -0.273 e. The van der Waals surface area contributed by atoms with Gasteiger partial charge in [-0.3, -0.25) is 20.4 Å². The van der Waals surface area contributed by atoms with Crippen molar-refractivity contribution in [2.45, 2.75) is 62.6 Å². The van der Waals surface area contributed by atoms with Crippen LogP contribution in [0.15, 0.2) is 0 Å². The molecule has 0 radical (unpaired) electrons. The third-order valence-corrected chi connectivity index (χ3v) is 7.88. The topological polar surface area (TPSA) is 58.2 Å². The fourth-order valence-corrected chi connectivity index (χ4v) is 6.51. The van der Waals surface area contributed by atoms with Crippen LogP contribution in [0.2, 0.25) is 0 Å². The molecule has 0 spiro atoms. The first-order valence-electron chi connectivity index (χ1n) is 8.69. The highest BCUT2D eigenvalue weighted by Gasteiger charge is 2.68. The SMILES string of the molecule is CC1(C(=O)NNC(=O)CC23CC4CC(CC(C4)C2)C3)CC1(Cl)Cl. The van der Waals surface area contributed by atoms with Crippen LogP contribution in [-0.4, -0.2) is 16.1 Å². The maximum absolute atomic E-state index is 12.3. The molecule has 2 amide bonds. The van der Waals surface area contributed by atoms with Crippen LogP contribution in [0.1, 0.15) is 58.3 Å². The highest BCUT2D eigenvalue weighted by atomic mass is 35.5. The van der Waals surface area contributed by atoms with Gasteiger partial charge in [0.05, 0.1) is 5.41 Å². The predicted octanol–water partition coefficient (Wildman–Crippen LogP) is 3.32. The summed E-state index contributed by atoms with van der Waals surface area (Å²) < 4.78 is -1.01. The van der Waals surface area contributed by atoms with Crippen LogP contribution in [0.25, 0.3) is 0 Å². The molecule has 5 fully saturated rings. The Kier molecular flexibility index (Phi) is 3.49. The number of hydrogen-bond acceptors (Lipinski definition) is 2. The lowest BCUT2D eigenvalue weighted by Crippen LogP contribution is -2.51. The molecule has 5 rings (SSSR count). The van der Waals surface area contributed by atoms with E-state index in [-0.39, 0.29) is 17.2 Å². The van der Waals surface area contributed by atoms with E-state index >= 15 is 0 Å². The molecule has 5 aliphatic carbocycles. The number of rotatable bonds is 3. The second-order valence-corrected chi connectivity index (χ2v) is 10.3. The number of carbonyl (C=O) groups is 2. The average molecular weight is 359 g/mol. The van der Waals surface area contributed by atoms with Crippen LogP contribution in [-0.2, 0) is 9.59 Å². The second-order valence-electron chi connectivity index (χ2n) is 8.81. The van der Waals surface area contributed by atoms with E-state index < -0.39 is 9.75 Å². The highest BCUT2D eigenvalue weighted by molar-refractivity contribution is 6.53. The van der Waals surface area contributed by atoms with E-state index in [1.165, 1.54) is 38.5 Å². The standard InChI is InChI=1S/C17H24Cl2N2O2/c1-15(9-17(15,18)19)14(23)21-20-13(22)8-16-5-10-2-11(6-16)4-12(3-10)7-16/h10-12H,2-9H2,1H3,(H,20,22)(H,21,23). The van der Waals surface area contributed by atoms with Crippen molar-refractivity contribution >= 4 is 35.0 Å². The first-order valence-corrected chi connectivity index (χ1v) is 9.44. The molecule has 128 valence electrons. The van der Waals surface area contributed by atoms with Gasteiger partial charge in [0.25, 0.3) is 0 Å². The summed E-state index contributed by atoms with van der Waals surface area (Å²) in [5, 5.41) is 0. The van der Waals surface area contributed by atoms with Crippen LogP contribution in [0.5, 0.6) is 0 Å². The minimum absolute atomic E-state index is 0.0840. The van der Waals surface area contributed by atoms with Gasteiger partial charge in [-0.05, 0) is 75.0 Å². The van der Waals surface area contributed by atoms with E-state index in [0.717, 1.165) is 17.8 Å². The molecule has 4 nitrogen and oxygen atoms in total. The molecule has 4 bridgehead atoms. The monoisotopic (exact) mass is 358 g/mol. The van der Waals surface area contributed by atoms with Crippen molar-refractivity contribution in [3.05, 3.63) is 0 Å². The van der Waals surface area contributed by atoms with Crippen LogP contribution >= 0.6 is 23.2 Å². The predicted molar refractivity (Wildman–Crippen MR) is 88.7 cm³/mol. The van der Waals surface area contributed by atoms with E-state index in [9.17, 15) is 9.59 Å². The fraction of sp³-hybridized carbons (Fsp3) is 0.882. The maximum atomic E-state index is 12.3. The summed E-state index contributed by atoms with van der Waals surface area (Å²) in [6.07, 6.45) is 8.59. The first-order chi connectivity index (χ1) is 10.7. The molecule has 0 saturated heterocycles. The molecule has 1 atom stereocenters. The van der Waals surface area contributed by atoms with Gasteiger partial charge in [0.1, 0.15) is 4.33 Å². The Balaban J connectivity index is 1.32. The van der Waals surface area contributed by atoms with Gasteiger partial charge in [-0.25, -0.2) is 0 Å². The van der Waals surface area contributed by atoms with E-state index in [4.69, 9.17) is 23.2 Å². The summed E-state index contributed by atoms with van der Waals surface area (Å²) in [6, 6.07) is 0. The van der Waals surface area contributed by atoms with Crippen LogP contribution in [0.3, 0.4) is 0 Å². The number of carbonyl (C=O) groups excluding carboxylic acids is 2. The first kappa shape index (κ1) is 16.0. The lowest BCUT2D eigenvalue weighted by atomic mass is 9.49. The Morgan fingerprint density at radius 3 is 1.91 bits per heavy atom. The van der Waals surface area contributed by atoms with Gasteiger partial charge in [0.15, 0.2) is 0 Å². The second kappa shape index (κ2) is 5.01. The minimum atomic E-state index is -1.01. The Labute approximate surface area is 147 Å². The average Bonchev–Trinajstić information content (AvgIpc) is 2.94. The number of halogens is 2. The van der Waals surface area contributed by atoms with Gasteiger partial charge in [-0.2, -0.15) is 0 Å². The van der Waals surface area contributed by atoms with Crippen LogP contribution in [0, 0.1) is 28.6 Å². The number of hydrazine groups is 1. The van der Waals surface area contributed by atoms with Crippen molar-refractivity contribution in [1.29, 1.82) is 0 Å². The molecule has 6 heteroatoms. The summed E-state index contributed by atoms with van der Waals surface area (Å²) in [5.74, 6) is 2.08. The maximum Gasteiger partial charge on any atom is 0.247 e. The molecular formula is C17H24Cl2N2O2. The molecule has 0 aromatic rings. The molecule has 0 heterocycles. The lowest BCUT2D eigenvalue weighted by Gasteiger charge is -2.56. The largest absolute Gasteiger partial charge is 0.273 e. The Hall–Kier alpha value is -0.480. The summed E-state index contributed by atoms with van der Waals surface area (Å²) in [4.78, 5) is 24.5. The van der Waals surface area contributed by atoms with Crippen molar-refractivity contribution in [3.63, 3.8) is 0 Å². The van der Waals surface area contributed by atoms with Crippen molar-refractivity contribution in [1.82, 2.24) is 10.9 Å². The van der Waals surface area contributed by atoms with Gasteiger partial charge in [-0.15, -0.1) is 23.2 Å². The molecule has 0 aromatic heterocycles. The van der Waals surface area contributed by atoms with Crippen molar-refractivity contribution in [3.8, 4) is 0 Å². The van der Waals surface area contributed by atoms with E-state index in [1.807, 2.05) is 0 Å². The molecule has 23 heavy (non-hydrogen) atoms. The summed E-state index contributed by atoms with van der Waals surface area (Å²) >= 11 is 12.0. The number of hydrogen-bond donors (Lipinski definition) is 2. The molecule has 5 aliphatic rings.